The van der Waals surface area contributed by atoms with Gasteiger partial charge < -0.3 is 10.4 Å². The van der Waals surface area contributed by atoms with E-state index in [-0.39, 0.29) is 17.9 Å². The lowest BCUT2D eigenvalue weighted by atomic mass is 9.86. The molecule has 8 nitrogen and oxygen atoms in total. The van der Waals surface area contributed by atoms with E-state index in [0.717, 1.165) is 29.2 Å². The molecular weight excluding hydrogens is 474 g/mol. The van der Waals surface area contributed by atoms with Crippen LogP contribution in [0.5, 0.6) is 0 Å². The molecule has 2 N–H and O–H groups in total. The fourth-order valence-electron chi connectivity index (χ4n) is 3.26. The van der Waals surface area contributed by atoms with Gasteiger partial charge in [-0.3, -0.25) is 4.79 Å². The van der Waals surface area contributed by atoms with Crippen molar-refractivity contribution in [2.75, 3.05) is 0 Å². The van der Waals surface area contributed by atoms with E-state index in [9.17, 15) is 18.7 Å². The van der Waals surface area contributed by atoms with Crippen molar-refractivity contribution in [3.63, 3.8) is 0 Å². The van der Waals surface area contributed by atoms with Gasteiger partial charge in [0, 0.05) is 22.2 Å². The first kappa shape index (κ1) is 22.9. The van der Waals surface area contributed by atoms with Gasteiger partial charge in [-0.15, -0.1) is 0 Å². The fourth-order valence-corrected chi connectivity index (χ4v) is 4.05. The summed E-state index contributed by atoms with van der Waals surface area (Å²) in [6.45, 7) is 1.24. The van der Waals surface area contributed by atoms with Gasteiger partial charge in [-0.2, -0.15) is 9.47 Å². The van der Waals surface area contributed by atoms with Crippen molar-refractivity contribution in [1.29, 1.82) is 0 Å². The number of carbonyl (C=O) groups excluding carboxylic acids is 1. The summed E-state index contributed by atoms with van der Waals surface area (Å²) in [5.41, 5.74) is -1.46. The molecule has 0 radical (unpaired) electrons. The van der Waals surface area contributed by atoms with Gasteiger partial charge in [-0.1, -0.05) is 29.8 Å². The molecule has 4 aromatic rings. The maximum atomic E-state index is 14.6. The Morgan fingerprint density at radius 3 is 2.70 bits per heavy atom. The monoisotopic (exact) mass is 490 g/mol. The summed E-state index contributed by atoms with van der Waals surface area (Å²) in [7, 11) is 0. The molecular formula is C21H17ClF2N6O2S. The molecule has 2 heterocycles. The number of nitrogens with one attached hydrogen (secondary N) is 1. The lowest BCUT2D eigenvalue weighted by Crippen LogP contribution is -2.52. The largest absolute Gasteiger partial charge is 0.381 e. The molecule has 1 amide bonds. The van der Waals surface area contributed by atoms with E-state index in [4.69, 9.17) is 11.6 Å². The van der Waals surface area contributed by atoms with Crippen LogP contribution in [0.25, 0.3) is 10.6 Å². The van der Waals surface area contributed by atoms with Gasteiger partial charge in [-0.05, 0) is 36.7 Å². The van der Waals surface area contributed by atoms with Crippen molar-refractivity contribution >= 4 is 29.0 Å². The number of nitrogens with zero attached hydrogens (tertiary/aromatic N) is 5. The first-order chi connectivity index (χ1) is 15.8. The Morgan fingerprint density at radius 1 is 1.27 bits per heavy atom. The van der Waals surface area contributed by atoms with E-state index in [2.05, 4.69) is 24.8 Å². The highest BCUT2D eigenvalue weighted by Crippen LogP contribution is 2.30. The molecule has 2 unspecified atom stereocenters. The van der Waals surface area contributed by atoms with Gasteiger partial charge in [-0.25, -0.2) is 23.4 Å². The second-order valence-corrected chi connectivity index (χ2v) is 8.45. The number of hydrogen-bond acceptors (Lipinski definition) is 7. The molecule has 2 aromatic heterocycles. The van der Waals surface area contributed by atoms with E-state index >= 15 is 0 Å². The van der Waals surface area contributed by atoms with E-state index < -0.39 is 29.2 Å². The van der Waals surface area contributed by atoms with Crippen LogP contribution < -0.4 is 5.32 Å². The van der Waals surface area contributed by atoms with Gasteiger partial charge in [0.2, 0.25) is 5.82 Å². The maximum absolute atomic E-state index is 14.6. The van der Waals surface area contributed by atoms with Crippen molar-refractivity contribution < 1.29 is 18.7 Å². The molecule has 2 aromatic carbocycles. The molecule has 2 atom stereocenters. The predicted octanol–water partition coefficient (Wildman–Crippen LogP) is 3.43. The Bertz CT molecular complexity index is 1270. The average Bonchev–Trinajstić information content (AvgIpc) is 3.46. The summed E-state index contributed by atoms with van der Waals surface area (Å²) < 4.78 is 33.5. The smallest absolute Gasteiger partial charge is 0.290 e. The Labute approximate surface area is 196 Å². The molecule has 0 saturated heterocycles. The first-order valence-corrected chi connectivity index (χ1v) is 10.8. The molecule has 4 rings (SSSR count). The number of rotatable bonds is 7. The number of aromatic nitrogens is 5. The van der Waals surface area contributed by atoms with Gasteiger partial charge in [0.15, 0.2) is 0 Å². The maximum Gasteiger partial charge on any atom is 0.290 e. The summed E-state index contributed by atoms with van der Waals surface area (Å²) in [6.07, 6.45) is 2.59. The second kappa shape index (κ2) is 9.30. The Hall–Kier alpha value is -3.28. The number of carbonyl (C=O) groups is 1. The molecule has 0 spiro atoms. The highest BCUT2D eigenvalue weighted by atomic mass is 35.5. The minimum Gasteiger partial charge on any atom is -0.381 e. The van der Waals surface area contributed by atoms with Gasteiger partial charge in [0.1, 0.15) is 34.9 Å². The van der Waals surface area contributed by atoms with E-state index in [1.165, 1.54) is 24.3 Å². The Balaban J connectivity index is 1.59. The van der Waals surface area contributed by atoms with E-state index in [1.54, 1.807) is 24.3 Å². The minimum atomic E-state index is -1.99. The lowest BCUT2D eigenvalue weighted by molar-refractivity contribution is -0.0187. The minimum absolute atomic E-state index is 0.112. The number of halogens is 3. The highest BCUT2D eigenvalue weighted by Gasteiger charge is 2.40. The normalized spacial score (nSPS) is 14.0. The van der Waals surface area contributed by atoms with Gasteiger partial charge >= 0.3 is 0 Å². The zero-order chi connectivity index (χ0) is 23.6. The highest BCUT2D eigenvalue weighted by molar-refractivity contribution is 7.09. The third kappa shape index (κ3) is 4.90. The molecule has 0 fully saturated rings. The van der Waals surface area contributed by atoms with Crippen LogP contribution in [0.4, 0.5) is 8.78 Å². The van der Waals surface area contributed by atoms with E-state index in [0.29, 0.717) is 16.1 Å². The molecule has 0 aliphatic carbocycles. The Morgan fingerprint density at radius 2 is 2.03 bits per heavy atom. The predicted molar refractivity (Wildman–Crippen MR) is 118 cm³/mol. The van der Waals surface area contributed by atoms with Crippen LogP contribution in [-0.4, -0.2) is 41.2 Å². The van der Waals surface area contributed by atoms with Crippen LogP contribution in [0.15, 0.2) is 55.1 Å². The van der Waals surface area contributed by atoms with Crippen molar-refractivity contribution in [2.45, 2.75) is 25.1 Å². The Kier molecular flexibility index (Phi) is 6.45. The SMILES string of the molecule is CC(NC(=O)c1nsc(-c2ccc(Cl)cc2)n1)C(O)(Cn1cncn1)c1ccc(F)cc1F. The standard InChI is InChI=1S/C21H17ClF2N6O2S/c1-12(27-19(31)18-28-20(33-29-18)13-2-4-14(22)5-3-13)21(32,9-30-11-25-10-26-30)16-7-6-15(23)8-17(16)24/h2-8,10-12,32H,9H2,1H3,(H,27,31). The van der Waals surface area contributed by atoms with Crippen molar-refractivity contribution in [1.82, 2.24) is 29.4 Å². The van der Waals surface area contributed by atoms with Crippen LogP contribution >= 0.6 is 23.1 Å². The fraction of sp³-hybridized carbons (Fsp3) is 0.190. The number of amides is 1. The summed E-state index contributed by atoms with van der Waals surface area (Å²) in [5.74, 6) is -2.54. The number of hydrogen-bond donors (Lipinski definition) is 2. The summed E-state index contributed by atoms with van der Waals surface area (Å²) in [4.78, 5) is 20.9. The van der Waals surface area contributed by atoms with Crippen LogP contribution in [-0.2, 0) is 12.1 Å². The molecule has 170 valence electrons. The van der Waals surface area contributed by atoms with Crippen LogP contribution in [0.1, 0.15) is 23.1 Å². The molecule has 0 bridgehead atoms. The molecule has 12 heteroatoms. The van der Waals surface area contributed by atoms with Crippen molar-refractivity contribution in [2.24, 2.45) is 0 Å². The number of aliphatic hydroxyl groups is 1. The van der Waals surface area contributed by atoms with Crippen molar-refractivity contribution in [3.05, 3.63) is 83.2 Å². The molecule has 33 heavy (non-hydrogen) atoms. The van der Waals surface area contributed by atoms with Crippen molar-refractivity contribution in [3.8, 4) is 10.6 Å². The third-order valence-electron chi connectivity index (χ3n) is 5.05. The summed E-state index contributed by atoms with van der Waals surface area (Å²) >= 11 is 6.92. The topological polar surface area (TPSA) is 106 Å². The summed E-state index contributed by atoms with van der Waals surface area (Å²) in [6, 6.07) is 8.67. The zero-order valence-electron chi connectivity index (χ0n) is 17.1. The number of benzene rings is 2. The van der Waals surface area contributed by atoms with E-state index in [1.807, 2.05) is 0 Å². The molecule has 0 aliphatic rings. The zero-order valence-corrected chi connectivity index (χ0v) is 18.7. The van der Waals surface area contributed by atoms with Crippen LogP contribution in [0.2, 0.25) is 5.02 Å². The van der Waals surface area contributed by atoms with Crippen LogP contribution in [0, 0.1) is 11.6 Å². The summed E-state index contributed by atoms with van der Waals surface area (Å²) in [5, 5.41) is 19.1. The lowest BCUT2D eigenvalue weighted by Gasteiger charge is -2.35. The molecule has 0 aliphatic heterocycles. The van der Waals surface area contributed by atoms with Gasteiger partial charge in [0.25, 0.3) is 5.91 Å². The van der Waals surface area contributed by atoms with Crippen LogP contribution in [0.3, 0.4) is 0 Å². The third-order valence-corrected chi connectivity index (χ3v) is 6.07. The first-order valence-electron chi connectivity index (χ1n) is 9.67. The molecule has 0 saturated carbocycles. The quantitative estimate of drug-likeness (QED) is 0.411. The van der Waals surface area contributed by atoms with Gasteiger partial charge in [0.05, 0.1) is 12.6 Å². The average molecular weight is 491 g/mol. The second-order valence-electron chi connectivity index (χ2n) is 7.27.